The van der Waals surface area contributed by atoms with E-state index in [9.17, 15) is 13.2 Å². The lowest BCUT2D eigenvalue weighted by molar-refractivity contribution is -0.274. The van der Waals surface area contributed by atoms with Crippen LogP contribution >= 0.6 is 0 Å². The summed E-state index contributed by atoms with van der Waals surface area (Å²) in [7, 11) is 0. The van der Waals surface area contributed by atoms with Crippen LogP contribution in [0.1, 0.15) is 5.56 Å². The average molecular weight is 267 g/mol. The molecule has 19 heavy (non-hydrogen) atoms. The number of pyridine rings is 1. The summed E-state index contributed by atoms with van der Waals surface area (Å²) in [5, 5.41) is 2.98. The van der Waals surface area contributed by atoms with Crippen molar-refractivity contribution in [3.8, 4) is 5.75 Å². The van der Waals surface area contributed by atoms with E-state index >= 15 is 0 Å². The molecule has 2 aromatic rings. The second-order valence-corrected chi connectivity index (χ2v) is 3.69. The number of nitrogens with zero attached hydrogens (tertiary/aromatic N) is 1. The fraction of sp³-hybridized carbons (Fsp3) is 0.154. The Balaban J connectivity index is 1.99. The molecule has 0 aliphatic heterocycles. The van der Waals surface area contributed by atoms with Gasteiger partial charge in [-0.25, -0.2) is 4.98 Å². The van der Waals surface area contributed by atoms with Crippen LogP contribution in [0, 0.1) is 6.07 Å². The fourth-order valence-electron chi connectivity index (χ4n) is 1.47. The molecule has 0 saturated heterocycles. The predicted molar refractivity (Wildman–Crippen MR) is 63.5 cm³/mol. The van der Waals surface area contributed by atoms with Gasteiger partial charge in [0.25, 0.3) is 0 Å². The molecular weight excluding hydrogens is 257 g/mol. The summed E-state index contributed by atoms with van der Waals surface area (Å²) in [6, 6.07) is 12.0. The maximum atomic E-state index is 12.1. The highest BCUT2D eigenvalue weighted by Crippen LogP contribution is 2.23. The van der Waals surface area contributed by atoms with Crippen molar-refractivity contribution in [3.63, 3.8) is 0 Å². The van der Waals surface area contributed by atoms with Gasteiger partial charge >= 0.3 is 6.36 Å². The zero-order valence-corrected chi connectivity index (χ0v) is 9.74. The molecule has 2 rings (SSSR count). The van der Waals surface area contributed by atoms with Gasteiger partial charge in [-0.2, -0.15) is 0 Å². The number of hydrogen-bond acceptors (Lipinski definition) is 3. The summed E-state index contributed by atoms with van der Waals surface area (Å²) < 4.78 is 40.1. The van der Waals surface area contributed by atoms with Crippen molar-refractivity contribution in [1.82, 2.24) is 4.98 Å². The van der Waals surface area contributed by atoms with Crippen LogP contribution in [0.4, 0.5) is 19.0 Å². The molecule has 1 N–H and O–H groups in total. The Labute approximate surface area is 108 Å². The molecule has 0 amide bonds. The lowest BCUT2D eigenvalue weighted by atomic mass is 10.2. The number of hydrogen-bond donors (Lipinski definition) is 1. The number of benzene rings is 1. The van der Waals surface area contributed by atoms with E-state index in [0.717, 1.165) is 0 Å². The van der Waals surface area contributed by atoms with Crippen molar-refractivity contribution in [1.29, 1.82) is 0 Å². The molecule has 3 nitrogen and oxygen atoms in total. The second-order valence-electron chi connectivity index (χ2n) is 3.69. The average Bonchev–Trinajstić information content (AvgIpc) is 2.36. The van der Waals surface area contributed by atoms with Crippen LogP contribution < -0.4 is 10.1 Å². The maximum Gasteiger partial charge on any atom is 0.573 e. The molecular formula is C13H10F3N2O. The minimum Gasteiger partial charge on any atom is -0.406 e. The lowest BCUT2D eigenvalue weighted by Gasteiger charge is -2.10. The van der Waals surface area contributed by atoms with Crippen molar-refractivity contribution in [2.24, 2.45) is 0 Å². The van der Waals surface area contributed by atoms with Crippen LogP contribution in [-0.2, 0) is 6.54 Å². The zero-order chi connectivity index (χ0) is 13.7. The van der Waals surface area contributed by atoms with Gasteiger partial charge in [-0.15, -0.1) is 13.2 Å². The van der Waals surface area contributed by atoms with Gasteiger partial charge < -0.3 is 10.1 Å². The molecule has 0 saturated carbocycles. The third-order valence-corrected chi connectivity index (χ3v) is 2.22. The van der Waals surface area contributed by atoms with Gasteiger partial charge in [-0.1, -0.05) is 12.1 Å². The number of ether oxygens (including phenoxy) is 1. The van der Waals surface area contributed by atoms with E-state index < -0.39 is 6.36 Å². The Morgan fingerprint density at radius 2 is 2.11 bits per heavy atom. The van der Waals surface area contributed by atoms with E-state index in [4.69, 9.17) is 0 Å². The first-order valence-electron chi connectivity index (χ1n) is 5.43. The molecule has 99 valence electrons. The van der Waals surface area contributed by atoms with Gasteiger partial charge in [0.2, 0.25) is 0 Å². The molecule has 0 aliphatic rings. The minimum atomic E-state index is -4.68. The molecule has 1 radical (unpaired) electrons. The minimum absolute atomic E-state index is 0.235. The van der Waals surface area contributed by atoms with Gasteiger partial charge in [0.15, 0.2) is 0 Å². The molecule has 1 aromatic carbocycles. The van der Waals surface area contributed by atoms with Crippen LogP contribution in [0.15, 0.2) is 42.6 Å². The number of anilines is 1. The number of rotatable bonds is 4. The topological polar surface area (TPSA) is 34.1 Å². The van der Waals surface area contributed by atoms with Crippen LogP contribution in [0.5, 0.6) is 5.75 Å². The number of aromatic nitrogens is 1. The Morgan fingerprint density at radius 3 is 2.79 bits per heavy atom. The monoisotopic (exact) mass is 267 g/mol. The standard InChI is InChI=1S/C13H10F3N2O/c14-13(15,16)19-11-5-3-4-10(8-11)9-18-12-6-1-2-7-17-12/h1,3-8H,9H2,(H,17,18). The van der Waals surface area contributed by atoms with Crippen LogP contribution in [0.3, 0.4) is 0 Å². The molecule has 0 aliphatic carbocycles. The number of halogens is 3. The van der Waals surface area contributed by atoms with Gasteiger partial charge in [0.05, 0.1) is 0 Å². The summed E-state index contributed by atoms with van der Waals surface area (Å²) in [4.78, 5) is 4.00. The highest BCUT2D eigenvalue weighted by molar-refractivity contribution is 5.36. The summed E-state index contributed by atoms with van der Waals surface area (Å²) in [6.07, 6.45) is -3.17. The molecule has 1 heterocycles. The first-order chi connectivity index (χ1) is 9.03. The molecule has 0 spiro atoms. The van der Waals surface area contributed by atoms with E-state index in [2.05, 4.69) is 21.1 Å². The molecule has 0 fully saturated rings. The largest absolute Gasteiger partial charge is 0.573 e. The summed E-state index contributed by atoms with van der Waals surface area (Å²) in [6.45, 7) is 0.353. The van der Waals surface area contributed by atoms with E-state index in [0.29, 0.717) is 17.9 Å². The summed E-state index contributed by atoms with van der Waals surface area (Å²) in [5.74, 6) is 0.391. The Hall–Kier alpha value is -2.24. The van der Waals surface area contributed by atoms with E-state index in [-0.39, 0.29) is 5.75 Å². The number of nitrogens with one attached hydrogen (secondary N) is 1. The molecule has 0 bridgehead atoms. The van der Waals surface area contributed by atoms with Crippen LogP contribution in [0.2, 0.25) is 0 Å². The molecule has 6 heteroatoms. The second kappa shape index (κ2) is 5.60. The number of alkyl halides is 3. The van der Waals surface area contributed by atoms with Crippen molar-refractivity contribution in [2.45, 2.75) is 12.9 Å². The van der Waals surface area contributed by atoms with Gasteiger partial charge in [0.1, 0.15) is 11.6 Å². The third kappa shape index (κ3) is 4.50. The molecule has 0 atom stereocenters. The Morgan fingerprint density at radius 1 is 1.26 bits per heavy atom. The Kier molecular flexibility index (Phi) is 3.89. The van der Waals surface area contributed by atoms with Crippen molar-refractivity contribution in [2.75, 3.05) is 5.32 Å². The SMILES string of the molecule is FC(F)(F)Oc1cccc(CNc2cc[c]cn2)c1. The first kappa shape index (κ1) is 13.2. The third-order valence-electron chi connectivity index (χ3n) is 2.22. The van der Waals surface area contributed by atoms with E-state index in [1.165, 1.54) is 24.4 Å². The lowest BCUT2D eigenvalue weighted by Crippen LogP contribution is -2.17. The quantitative estimate of drug-likeness (QED) is 0.922. The highest BCUT2D eigenvalue weighted by Gasteiger charge is 2.31. The van der Waals surface area contributed by atoms with Crippen molar-refractivity contribution in [3.05, 3.63) is 54.2 Å². The maximum absolute atomic E-state index is 12.1. The van der Waals surface area contributed by atoms with E-state index in [1.54, 1.807) is 18.2 Å². The van der Waals surface area contributed by atoms with Crippen LogP contribution in [0.25, 0.3) is 0 Å². The van der Waals surface area contributed by atoms with Crippen molar-refractivity contribution < 1.29 is 17.9 Å². The molecule has 0 unspecified atom stereocenters. The first-order valence-corrected chi connectivity index (χ1v) is 5.43. The molecule has 1 aromatic heterocycles. The normalized spacial score (nSPS) is 11.1. The fourth-order valence-corrected chi connectivity index (χ4v) is 1.47. The van der Waals surface area contributed by atoms with E-state index in [1.807, 2.05) is 0 Å². The van der Waals surface area contributed by atoms with Gasteiger partial charge in [0, 0.05) is 18.8 Å². The zero-order valence-electron chi connectivity index (χ0n) is 9.74. The van der Waals surface area contributed by atoms with Gasteiger partial charge in [-0.05, 0) is 29.8 Å². The van der Waals surface area contributed by atoms with Crippen molar-refractivity contribution >= 4 is 5.82 Å². The smallest absolute Gasteiger partial charge is 0.406 e. The van der Waals surface area contributed by atoms with Gasteiger partial charge in [-0.3, -0.25) is 0 Å². The highest BCUT2D eigenvalue weighted by atomic mass is 19.4. The summed E-state index contributed by atoms with van der Waals surface area (Å²) in [5.41, 5.74) is 0.663. The predicted octanol–water partition coefficient (Wildman–Crippen LogP) is 3.39. The van der Waals surface area contributed by atoms with Crippen LogP contribution in [-0.4, -0.2) is 11.3 Å². The Bertz CT molecular complexity index is 529. The summed E-state index contributed by atoms with van der Waals surface area (Å²) >= 11 is 0.